The summed E-state index contributed by atoms with van der Waals surface area (Å²) in [5, 5.41) is 0. The Morgan fingerprint density at radius 3 is 2.82 bits per heavy atom. The lowest BCUT2D eigenvalue weighted by Crippen LogP contribution is -2.31. The van der Waals surface area contributed by atoms with Crippen molar-refractivity contribution in [3.8, 4) is 0 Å². The van der Waals surface area contributed by atoms with E-state index in [4.69, 9.17) is 0 Å². The average molecular weight is 294 g/mol. The maximum atomic E-state index is 11.6. The number of rotatable bonds is 2. The second-order valence-corrected chi connectivity index (χ2v) is 6.07. The maximum Gasteiger partial charge on any atom is 0.227 e. The van der Waals surface area contributed by atoms with Crippen molar-refractivity contribution in [2.24, 2.45) is 5.92 Å². The van der Waals surface area contributed by atoms with E-state index < -0.39 is 0 Å². The van der Waals surface area contributed by atoms with Gasteiger partial charge in [-0.15, -0.1) is 0 Å². The molecule has 1 amide bonds. The molecular weight excluding hydrogens is 278 g/mol. The van der Waals surface area contributed by atoms with Gasteiger partial charge < -0.3 is 4.90 Å². The molecule has 0 aromatic heterocycles. The summed E-state index contributed by atoms with van der Waals surface area (Å²) in [6, 6.07) is 6.53. The third-order valence-corrected chi connectivity index (χ3v) is 5.08. The van der Waals surface area contributed by atoms with Gasteiger partial charge in [0.1, 0.15) is 0 Å². The van der Waals surface area contributed by atoms with Crippen molar-refractivity contribution in [2.75, 3.05) is 11.9 Å². The van der Waals surface area contributed by atoms with Crippen LogP contribution in [-0.4, -0.2) is 13.0 Å². The van der Waals surface area contributed by atoms with Gasteiger partial charge in [0.05, 0.1) is 0 Å². The van der Waals surface area contributed by atoms with Crippen molar-refractivity contribution in [3.05, 3.63) is 29.3 Å². The number of benzene rings is 1. The van der Waals surface area contributed by atoms with E-state index in [1.54, 1.807) is 4.90 Å². The molecule has 1 aromatic carbocycles. The Bertz CT molecular complexity index is 467. The molecule has 1 atom stereocenters. The number of alkyl halides is 1. The van der Waals surface area contributed by atoms with Crippen molar-refractivity contribution in [1.29, 1.82) is 0 Å². The van der Waals surface area contributed by atoms with Crippen LogP contribution in [0.4, 0.5) is 5.69 Å². The van der Waals surface area contributed by atoms with E-state index in [1.165, 1.54) is 24.0 Å². The molecule has 0 bridgehead atoms. The quantitative estimate of drug-likeness (QED) is 0.765. The first-order valence-corrected chi connectivity index (χ1v) is 7.12. The van der Waals surface area contributed by atoms with Crippen molar-refractivity contribution < 1.29 is 4.79 Å². The molecule has 1 saturated carbocycles. The van der Waals surface area contributed by atoms with Crippen LogP contribution in [0.2, 0.25) is 0 Å². The highest BCUT2D eigenvalue weighted by atomic mass is 79.9. The molecule has 0 saturated heterocycles. The fourth-order valence-corrected chi connectivity index (χ4v) is 3.32. The zero-order valence-corrected chi connectivity index (χ0v) is 11.5. The fourth-order valence-electron chi connectivity index (χ4n) is 2.51. The average Bonchev–Trinajstić information content (AvgIpc) is 3.17. The lowest BCUT2D eigenvalue weighted by Gasteiger charge is -2.26. The van der Waals surface area contributed by atoms with Gasteiger partial charge in [-0.1, -0.05) is 28.1 Å². The first-order chi connectivity index (χ1) is 8.16. The summed E-state index contributed by atoms with van der Waals surface area (Å²) in [5.41, 5.74) is 3.77. The lowest BCUT2D eigenvalue weighted by molar-refractivity contribution is -0.118. The summed E-state index contributed by atoms with van der Waals surface area (Å²) in [4.78, 5) is 13.9. The monoisotopic (exact) mass is 293 g/mol. The molecule has 1 aliphatic heterocycles. The van der Waals surface area contributed by atoms with Crippen LogP contribution < -0.4 is 4.90 Å². The molecular formula is C14H16BrNO. The minimum Gasteiger partial charge on any atom is -0.315 e. The fraction of sp³-hybridized carbons (Fsp3) is 0.500. The molecule has 17 heavy (non-hydrogen) atoms. The van der Waals surface area contributed by atoms with Crippen LogP contribution in [0, 0.1) is 5.92 Å². The molecule has 1 aliphatic carbocycles. The number of aryl methyl sites for hydroxylation is 1. The number of hydrogen-bond donors (Lipinski definition) is 0. The molecule has 3 rings (SSSR count). The normalized spacial score (nSPS) is 21.3. The molecule has 1 unspecified atom stereocenters. The minimum atomic E-state index is 0.225. The Morgan fingerprint density at radius 1 is 1.35 bits per heavy atom. The van der Waals surface area contributed by atoms with Crippen LogP contribution in [-0.2, 0) is 11.2 Å². The maximum absolute atomic E-state index is 11.6. The van der Waals surface area contributed by atoms with E-state index in [1.807, 2.05) is 7.05 Å². The van der Waals surface area contributed by atoms with E-state index >= 15 is 0 Å². The van der Waals surface area contributed by atoms with E-state index in [0.29, 0.717) is 11.2 Å². The third kappa shape index (κ3) is 2.01. The van der Waals surface area contributed by atoms with Gasteiger partial charge in [-0.3, -0.25) is 4.79 Å². The van der Waals surface area contributed by atoms with Crippen molar-refractivity contribution in [2.45, 2.75) is 30.5 Å². The van der Waals surface area contributed by atoms with Crippen LogP contribution in [0.5, 0.6) is 0 Å². The first kappa shape index (κ1) is 11.3. The molecule has 90 valence electrons. The van der Waals surface area contributed by atoms with Crippen LogP contribution in [0.1, 0.15) is 35.2 Å². The summed E-state index contributed by atoms with van der Waals surface area (Å²) in [6.07, 6.45) is 4.21. The van der Waals surface area contributed by atoms with Gasteiger partial charge in [0.25, 0.3) is 0 Å². The van der Waals surface area contributed by atoms with Crippen LogP contribution in [0.15, 0.2) is 18.2 Å². The van der Waals surface area contributed by atoms with Gasteiger partial charge in [-0.2, -0.15) is 0 Å². The minimum absolute atomic E-state index is 0.225. The summed E-state index contributed by atoms with van der Waals surface area (Å²) in [7, 11) is 1.87. The number of fused-ring (bicyclic) bond motifs is 1. The Balaban J connectivity index is 1.93. The van der Waals surface area contributed by atoms with Gasteiger partial charge in [0, 0.05) is 24.0 Å². The third-order valence-electron chi connectivity index (χ3n) is 3.80. The standard InChI is InChI=1S/C14H16BrNO/c1-16-12-6-4-11(14(15)9-2-3-9)8-10(12)5-7-13(16)17/h4,6,8-9,14H,2-3,5,7H2,1H3. The van der Waals surface area contributed by atoms with Crippen LogP contribution in [0.3, 0.4) is 0 Å². The second kappa shape index (κ2) is 4.13. The summed E-state index contributed by atoms with van der Waals surface area (Å²) in [5.74, 6) is 1.04. The SMILES string of the molecule is CN1C(=O)CCc2cc(C(Br)C3CC3)ccc21. The summed E-state index contributed by atoms with van der Waals surface area (Å²) >= 11 is 3.79. The van der Waals surface area contributed by atoms with Crippen molar-refractivity contribution >= 4 is 27.5 Å². The zero-order valence-electron chi connectivity index (χ0n) is 9.95. The molecule has 1 aromatic rings. The van der Waals surface area contributed by atoms with Crippen molar-refractivity contribution in [3.63, 3.8) is 0 Å². The zero-order chi connectivity index (χ0) is 12.0. The largest absolute Gasteiger partial charge is 0.315 e. The molecule has 3 heteroatoms. The Hall–Kier alpha value is -0.830. The highest BCUT2D eigenvalue weighted by Gasteiger charge is 2.31. The number of hydrogen-bond acceptors (Lipinski definition) is 1. The topological polar surface area (TPSA) is 20.3 Å². The van der Waals surface area contributed by atoms with Gasteiger partial charge in [0.2, 0.25) is 5.91 Å². The van der Waals surface area contributed by atoms with Crippen LogP contribution >= 0.6 is 15.9 Å². The molecule has 0 radical (unpaired) electrons. The highest BCUT2D eigenvalue weighted by molar-refractivity contribution is 9.09. The van der Waals surface area contributed by atoms with Crippen LogP contribution in [0.25, 0.3) is 0 Å². The molecule has 0 N–H and O–H groups in total. The number of nitrogens with zero attached hydrogens (tertiary/aromatic N) is 1. The first-order valence-electron chi connectivity index (χ1n) is 6.20. The molecule has 2 nitrogen and oxygen atoms in total. The number of anilines is 1. The predicted molar refractivity (Wildman–Crippen MR) is 72.6 cm³/mol. The lowest BCUT2D eigenvalue weighted by atomic mass is 9.97. The number of carbonyl (C=O) groups excluding carboxylic acids is 1. The molecule has 1 fully saturated rings. The number of halogens is 1. The highest BCUT2D eigenvalue weighted by Crippen LogP contribution is 2.47. The number of amides is 1. The van der Waals surface area contributed by atoms with E-state index in [2.05, 4.69) is 34.1 Å². The Morgan fingerprint density at radius 2 is 2.12 bits per heavy atom. The van der Waals surface area contributed by atoms with E-state index in [9.17, 15) is 4.79 Å². The van der Waals surface area contributed by atoms with Gasteiger partial charge >= 0.3 is 0 Å². The molecule has 2 aliphatic rings. The summed E-state index contributed by atoms with van der Waals surface area (Å²) < 4.78 is 0. The van der Waals surface area contributed by atoms with E-state index in [0.717, 1.165) is 18.0 Å². The molecule has 1 heterocycles. The number of carbonyl (C=O) groups is 1. The Labute approximate surface area is 110 Å². The smallest absolute Gasteiger partial charge is 0.227 e. The Kier molecular flexibility index (Phi) is 2.74. The molecule has 0 spiro atoms. The van der Waals surface area contributed by atoms with Gasteiger partial charge in [-0.25, -0.2) is 0 Å². The summed E-state index contributed by atoms with van der Waals surface area (Å²) in [6.45, 7) is 0. The van der Waals surface area contributed by atoms with Gasteiger partial charge in [-0.05, 0) is 42.4 Å². The second-order valence-electron chi connectivity index (χ2n) is 5.08. The predicted octanol–water partition coefficient (Wildman–Crippen LogP) is 3.44. The van der Waals surface area contributed by atoms with Gasteiger partial charge in [0.15, 0.2) is 0 Å². The van der Waals surface area contributed by atoms with E-state index in [-0.39, 0.29) is 5.91 Å². The van der Waals surface area contributed by atoms with Crippen molar-refractivity contribution in [1.82, 2.24) is 0 Å².